The van der Waals surface area contributed by atoms with E-state index in [0.29, 0.717) is 0 Å². The Balaban J connectivity index is 2.54. The van der Waals surface area contributed by atoms with Crippen molar-refractivity contribution < 1.29 is 4.79 Å². The van der Waals surface area contributed by atoms with Gasteiger partial charge in [0.05, 0.1) is 11.3 Å². The third-order valence-corrected chi connectivity index (χ3v) is 4.11. The molecule has 0 fully saturated rings. The van der Waals surface area contributed by atoms with Crippen molar-refractivity contribution in [3.8, 4) is 0 Å². The van der Waals surface area contributed by atoms with Crippen molar-refractivity contribution in [2.75, 3.05) is 5.75 Å². The van der Waals surface area contributed by atoms with Gasteiger partial charge in [0.15, 0.2) is 0 Å². The van der Waals surface area contributed by atoms with Gasteiger partial charge in [-0.25, -0.2) is 4.98 Å². The van der Waals surface area contributed by atoms with Crippen LogP contribution in [0.2, 0.25) is 0 Å². The minimum absolute atomic E-state index is 0.274. The van der Waals surface area contributed by atoms with Gasteiger partial charge in [-0.2, -0.15) is 0 Å². The Morgan fingerprint density at radius 2 is 2.05 bits per heavy atom. The number of primary amides is 1. The Morgan fingerprint density at radius 3 is 2.68 bits per heavy atom. The van der Waals surface area contributed by atoms with Gasteiger partial charge in [0, 0.05) is 5.39 Å². The van der Waals surface area contributed by atoms with Crippen LogP contribution in [0, 0.1) is 13.8 Å². The number of hydrogen-bond donors (Lipinski definition) is 1. The molecule has 4 heteroatoms. The standard InChI is InChI=1S/C15H18N2OS/c1-4-11-7-12-10(3)5-9(2)6-13(12)17-15(11)19-8-14(16)18/h5-7H,4,8H2,1-3H3,(H2,16,18). The number of nitrogens with two attached hydrogens (primary N) is 1. The lowest BCUT2D eigenvalue weighted by Gasteiger charge is -2.10. The van der Waals surface area contributed by atoms with E-state index in [1.165, 1.54) is 33.8 Å². The van der Waals surface area contributed by atoms with Crippen LogP contribution in [-0.2, 0) is 11.2 Å². The highest BCUT2D eigenvalue weighted by atomic mass is 32.2. The lowest BCUT2D eigenvalue weighted by Crippen LogP contribution is -2.13. The Labute approximate surface area is 117 Å². The second kappa shape index (κ2) is 5.61. The van der Waals surface area contributed by atoms with Crippen LogP contribution in [-0.4, -0.2) is 16.6 Å². The molecule has 1 heterocycles. The molecule has 3 nitrogen and oxygen atoms in total. The van der Waals surface area contributed by atoms with Crippen molar-refractivity contribution in [1.29, 1.82) is 0 Å². The van der Waals surface area contributed by atoms with Crippen LogP contribution in [0.25, 0.3) is 10.9 Å². The summed E-state index contributed by atoms with van der Waals surface area (Å²) in [7, 11) is 0. The zero-order valence-corrected chi connectivity index (χ0v) is 12.3. The van der Waals surface area contributed by atoms with E-state index >= 15 is 0 Å². The molecule has 100 valence electrons. The molecule has 0 atom stereocenters. The summed E-state index contributed by atoms with van der Waals surface area (Å²) in [6.45, 7) is 6.27. The molecule has 0 aliphatic rings. The highest BCUT2D eigenvalue weighted by Crippen LogP contribution is 2.27. The van der Waals surface area contributed by atoms with Crippen LogP contribution in [0.1, 0.15) is 23.6 Å². The van der Waals surface area contributed by atoms with Crippen molar-refractivity contribution >= 4 is 28.6 Å². The number of carbonyl (C=O) groups is 1. The van der Waals surface area contributed by atoms with Crippen molar-refractivity contribution in [1.82, 2.24) is 4.98 Å². The summed E-state index contributed by atoms with van der Waals surface area (Å²) in [5.41, 5.74) is 9.81. The van der Waals surface area contributed by atoms with Gasteiger partial charge in [-0.3, -0.25) is 4.79 Å². The fourth-order valence-corrected chi connectivity index (χ4v) is 3.00. The van der Waals surface area contributed by atoms with E-state index in [-0.39, 0.29) is 11.7 Å². The maximum atomic E-state index is 10.9. The molecular weight excluding hydrogens is 256 g/mol. The third-order valence-electron chi connectivity index (χ3n) is 3.06. The maximum absolute atomic E-state index is 10.9. The molecule has 0 bridgehead atoms. The molecule has 2 rings (SSSR count). The average molecular weight is 274 g/mol. The van der Waals surface area contributed by atoms with Gasteiger partial charge in [-0.05, 0) is 49.1 Å². The molecular formula is C15H18N2OS. The van der Waals surface area contributed by atoms with Crippen molar-refractivity contribution in [3.63, 3.8) is 0 Å². The highest BCUT2D eigenvalue weighted by Gasteiger charge is 2.09. The summed E-state index contributed by atoms with van der Waals surface area (Å²) < 4.78 is 0. The largest absolute Gasteiger partial charge is 0.369 e. The molecule has 1 amide bonds. The minimum Gasteiger partial charge on any atom is -0.369 e. The SMILES string of the molecule is CCc1cc2c(C)cc(C)cc2nc1SCC(N)=O. The first-order valence-corrected chi connectivity index (χ1v) is 7.31. The van der Waals surface area contributed by atoms with Crippen LogP contribution in [0.3, 0.4) is 0 Å². The monoisotopic (exact) mass is 274 g/mol. The topological polar surface area (TPSA) is 56.0 Å². The molecule has 2 aromatic rings. The van der Waals surface area contributed by atoms with Gasteiger partial charge in [-0.1, -0.05) is 24.8 Å². The molecule has 0 radical (unpaired) electrons. The lowest BCUT2D eigenvalue weighted by atomic mass is 10.0. The zero-order chi connectivity index (χ0) is 14.0. The first-order valence-electron chi connectivity index (χ1n) is 6.33. The Bertz CT molecular complexity index is 638. The van der Waals surface area contributed by atoms with Crippen LogP contribution in [0.15, 0.2) is 23.2 Å². The van der Waals surface area contributed by atoms with Crippen molar-refractivity contribution in [2.45, 2.75) is 32.2 Å². The van der Waals surface area contributed by atoms with Crippen LogP contribution < -0.4 is 5.73 Å². The van der Waals surface area contributed by atoms with E-state index in [0.717, 1.165) is 17.0 Å². The number of hydrogen-bond acceptors (Lipinski definition) is 3. The molecule has 2 N–H and O–H groups in total. The zero-order valence-electron chi connectivity index (χ0n) is 11.5. The smallest absolute Gasteiger partial charge is 0.227 e. The van der Waals surface area contributed by atoms with Gasteiger partial charge in [0.2, 0.25) is 5.91 Å². The number of nitrogens with zero attached hydrogens (tertiary/aromatic N) is 1. The fourth-order valence-electron chi connectivity index (χ4n) is 2.17. The van der Waals surface area contributed by atoms with Crippen molar-refractivity contribution in [3.05, 3.63) is 34.9 Å². The van der Waals surface area contributed by atoms with E-state index in [9.17, 15) is 4.79 Å². The van der Waals surface area contributed by atoms with E-state index in [2.05, 4.69) is 39.0 Å². The number of fused-ring (bicyclic) bond motifs is 1. The predicted molar refractivity (Wildman–Crippen MR) is 80.5 cm³/mol. The van der Waals surface area contributed by atoms with E-state index in [1.54, 1.807) is 0 Å². The van der Waals surface area contributed by atoms with E-state index in [4.69, 9.17) is 10.7 Å². The van der Waals surface area contributed by atoms with Gasteiger partial charge < -0.3 is 5.73 Å². The Morgan fingerprint density at radius 1 is 1.32 bits per heavy atom. The highest BCUT2D eigenvalue weighted by molar-refractivity contribution is 7.99. The number of aromatic nitrogens is 1. The summed E-state index contributed by atoms with van der Waals surface area (Å²) in [5, 5.41) is 2.10. The normalized spacial score (nSPS) is 10.9. The number of carbonyl (C=O) groups excluding carboxylic acids is 1. The number of rotatable bonds is 4. The molecule has 0 unspecified atom stereocenters. The van der Waals surface area contributed by atoms with Gasteiger partial charge in [0.1, 0.15) is 5.03 Å². The number of amides is 1. The van der Waals surface area contributed by atoms with Crippen molar-refractivity contribution in [2.24, 2.45) is 5.73 Å². The molecule has 0 saturated carbocycles. The summed E-state index contributed by atoms with van der Waals surface area (Å²) in [4.78, 5) is 15.6. The molecule has 19 heavy (non-hydrogen) atoms. The van der Waals surface area contributed by atoms with Crippen LogP contribution in [0.4, 0.5) is 0 Å². The van der Waals surface area contributed by atoms with Crippen LogP contribution >= 0.6 is 11.8 Å². The molecule has 0 aliphatic heterocycles. The van der Waals surface area contributed by atoms with Gasteiger partial charge in [0.25, 0.3) is 0 Å². The second-order valence-corrected chi connectivity index (χ2v) is 5.67. The van der Waals surface area contributed by atoms with Gasteiger partial charge in [-0.15, -0.1) is 0 Å². The minimum atomic E-state index is -0.311. The number of benzene rings is 1. The number of pyridine rings is 1. The molecule has 0 aliphatic carbocycles. The summed E-state index contributed by atoms with van der Waals surface area (Å²) in [6, 6.07) is 6.43. The van der Waals surface area contributed by atoms with Gasteiger partial charge >= 0.3 is 0 Å². The second-order valence-electron chi connectivity index (χ2n) is 4.71. The summed E-state index contributed by atoms with van der Waals surface area (Å²) in [5.74, 6) is -0.0367. The summed E-state index contributed by atoms with van der Waals surface area (Å²) in [6.07, 6.45) is 0.900. The van der Waals surface area contributed by atoms with E-state index in [1.807, 2.05) is 0 Å². The quantitative estimate of drug-likeness (QED) is 0.872. The number of thioether (sulfide) groups is 1. The molecule has 1 aromatic carbocycles. The first-order chi connectivity index (χ1) is 9.01. The lowest BCUT2D eigenvalue weighted by molar-refractivity contribution is -0.115. The fraction of sp³-hybridized carbons (Fsp3) is 0.333. The first kappa shape index (κ1) is 13.9. The molecule has 1 aromatic heterocycles. The Hall–Kier alpha value is -1.55. The number of aryl methyl sites for hydroxylation is 3. The predicted octanol–water partition coefficient (Wildman–Crippen LogP) is 2.99. The molecule has 0 saturated heterocycles. The van der Waals surface area contributed by atoms with E-state index < -0.39 is 0 Å². The summed E-state index contributed by atoms with van der Waals surface area (Å²) >= 11 is 1.42. The third kappa shape index (κ3) is 3.07. The molecule has 0 spiro atoms. The Kier molecular flexibility index (Phi) is 4.10. The van der Waals surface area contributed by atoms with Crippen LogP contribution in [0.5, 0.6) is 0 Å². The maximum Gasteiger partial charge on any atom is 0.227 e. The average Bonchev–Trinajstić information content (AvgIpc) is 2.35.